The van der Waals surface area contributed by atoms with E-state index in [4.69, 9.17) is 4.42 Å². The van der Waals surface area contributed by atoms with Crippen LogP contribution in [-0.2, 0) is 0 Å². The van der Waals surface area contributed by atoms with E-state index in [9.17, 15) is 9.59 Å². The quantitative estimate of drug-likeness (QED) is 0.786. The third-order valence-corrected chi connectivity index (χ3v) is 4.99. The van der Waals surface area contributed by atoms with Crippen LogP contribution in [0, 0.1) is 6.92 Å². The Hall–Kier alpha value is -2.89. The molecule has 0 radical (unpaired) electrons. The maximum atomic E-state index is 12.5. The van der Waals surface area contributed by atoms with Crippen molar-refractivity contribution in [3.05, 3.63) is 64.3 Å². The number of rotatable bonds is 3. The van der Waals surface area contributed by atoms with E-state index >= 15 is 0 Å². The van der Waals surface area contributed by atoms with Gasteiger partial charge in [-0.1, -0.05) is 18.2 Å². The molecule has 26 heavy (non-hydrogen) atoms. The number of aryl methyl sites for hydroxylation is 1. The number of benzene rings is 1. The first-order valence-corrected chi connectivity index (χ1v) is 8.96. The molecule has 0 bridgehead atoms. The van der Waals surface area contributed by atoms with Gasteiger partial charge in [-0.25, -0.2) is 4.68 Å². The summed E-state index contributed by atoms with van der Waals surface area (Å²) in [7, 11) is 0. The van der Waals surface area contributed by atoms with Crippen molar-refractivity contribution in [3.8, 4) is 0 Å². The van der Waals surface area contributed by atoms with Crippen molar-refractivity contribution >= 4 is 16.9 Å². The number of nitrogens with zero attached hydrogens (tertiary/aromatic N) is 2. The minimum atomic E-state index is -0.185. The predicted molar refractivity (Wildman–Crippen MR) is 98.2 cm³/mol. The van der Waals surface area contributed by atoms with Crippen LogP contribution in [0.2, 0.25) is 0 Å². The summed E-state index contributed by atoms with van der Waals surface area (Å²) in [4.78, 5) is 24.5. The van der Waals surface area contributed by atoms with Gasteiger partial charge in [0.2, 0.25) is 0 Å². The first kappa shape index (κ1) is 16.6. The summed E-state index contributed by atoms with van der Waals surface area (Å²) in [5.41, 5.74) is 1.49. The van der Waals surface area contributed by atoms with E-state index in [1.165, 1.54) is 0 Å². The standard InChI is InChI=1S/C20H21N3O3/c1-13-6-11-19(24)23(22-13)16-9-7-15(8-10-16)21-20(25)18-12-14-4-2-3-5-17(14)26-18/h2-6,11-12,15-16H,7-10H2,1H3,(H,21,25). The molecule has 1 aliphatic rings. The minimum Gasteiger partial charge on any atom is -0.451 e. The number of nitrogens with one attached hydrogen (secondary N) is 1. The number of fused-ring (bicyclic) bond motifs is 1. The summed E-state index contributed by atoms with van der Waals surface area (Å²) >= 11 is 0. The molecule has 3 aromatic rings. The third-order valence-electron chi connectivity index (χ3n) is 4.99. The Morgan fingerprint density at radius 2 is 1.92 bits per heavy atom. The zero-order valence-electron chi connectivity index (χ0n) is 14.6. The van der Waals surface area contributed by atoms with Crippen LogP contribution in [0.1, 0.15) is 48.0 Å². The van der Waals surface area contributed by atoms with Crippen molar-refractivity contribution in [3.63, 3.8) is 0 Å². The fraction of sp³-hybridized carbons (Fsp3) is 0.350. The maximum absolute atomic E-state index is 12.5. The lowest BCUT2D eigenvalue weighted by molar-refractivity contribution is 0.0895. The summed E-state index contributed by atoms with van der Waals surface area (Å²) in [5.74, 6) is 0.153. The zero-order chi connectivity index (χ0) is 18.1. The number of hydrogen-bond acceptors (Lipinski definition) is 4. The first-order valence-electron chi connectivity index (χ1n) is 8.96. The highest BCUT2D eigenvalue weighted by atomic mass is 16.3. The van der Waals surface area contributed by atoms with Gasteiger partial charge in [0.05, 0.1) is 11.7 Å². The first-order chi connectivity index (χ1) is 12.6. The SMILES string of the molecule is Cc1ccc(=O)n(C2CCC(NC(=O)c3cc4ccccc4o3)CC2)n1. The number of amides is 1. The Morgan fingerprint density at radius 3 is 2.69 bits per heavy atom. The predicted octanol–water partition coefficient (Wildman–Crippen LogP) is 3.21. The molecule has 134 valence electrons. The smallest absolute Gasteiger partial charge is 0.287 e. The van der Waals surface area contributed by atoms with Crippen LogP contribution in [0.15, 0.2) is 51.7 Å². The Balaban J connectivity index is 1.39. The molecule has 1 aliphatic carbocycles. The topological polar surface area (TPSA) is 77.1 Å². The van der Waals surface area contributed by atoms with Crippen molar-refractivity contribution in [2.24, 2.45) is 0 Å². The Morgan fingerprint density at radius 1 is 1.15 bits per heavy atom. The summed E-state index contributed by atoms with van der Waals surface area (Å²) in [5, 5.41) is 8.33. The average molecular weight is 351 g/mol. The fourth-order valence-corrected chi connectivity index (χ4v) is 3.60. The van der Waals surface area contributed by atoms with Gasteiger partial charge in [-0.05, 0) is 50.8 Å². The van der Waals surface area contributed by atoms with Gasteiger partial charge in [0.25, 0.3) is 11.5 Å². The second-order valence-electron chi connectivity index (χ2n) is 6.88. The molecule has 0 spiro atoms. The molecule has 2 heterocycles. The number of carbonyl (C=O) groups is 1. The molecule has 1 fully saturated rings. The second kappa shape index (κ2) is 6.78. The van der Waals surface area contributed by atoms with Crippen molar-refractivity contribution in [2.45, 2.75) is 44.7 Å². The average Bonchev–Trinajstić information content (AvgIpc) is 3.09. The molecule has 0 atom stereocenters. The highest BCUT2D eigenvalue weighted by Gasteiger charge is 2.26. The van der Waals surface area contributed by atoms with Gasteiger partial charge < -0.3 is 9.73 Å². The van der Waals surface area contributed by atoms with E-state index in [2.05, 4.69) is 10.4 Å². The molecule has 1 saturated carbocycles. The van der Waals surface area contributed by atoms with E-state index in [0.717, 1.165) is 36.8 Å². The highest BCUT2D eigenvalue weighted by Crippen LogP contribution is 2.27. The fourth-order valence-electron chi connectivity index (χ4n) is 3.60. The molecule has 4 rings (SSSR count). The van der Waals surface area contributed by atoms with Crippen molar-refractivity contribution in [1.29, 1.82) is 0 Å². The molecular formula is C20H21N3O3. The lowest BCUT2D eigenvalue weighted by Crippen LogP contribution is -2.39. The summed E-state index contributed by atoms with van der Waals surface area (Å²) in [6.45, 7) is 1.88. The molecule has 1 N–H and O–H groups in total. The number of furan rings is 1. The Labute approximate surface area is 150 Å². The number of aromatic nitrogens is 2. The third kappa shape index (κ3) is 3.27. The van der Waals surface area contributed by atoms with E-state index in [0.29, 0.717) is 11.3 Å². The van der Waals surface area contributed by atoms with Gasteiger partial charge in [-0.15, -0.1) is 0 Å². The summed E-state index contributed by atoms with van der Waals surface area (Å²) in [6.07, 6.45) is 3.28. The molecule has 0 saturated heterocycles. The lowest BCUT2D eigenvalue weighted by atomic mass is 9.91. The Bertz CT molecular complexity index is 964. The molecule has 6 heteroatoms. The zero-order valence-corrected chi connectivity index (χ0v) is 14.6. The van der Waals surface area contributed by atoms with Gasteiger partial charge in [0.1, 0.15) is 5.58 Å². The monoisotopic (exact) mass is 351 g/mol. The lowest BCUT2D eigenvalue weighted by Gasteiger charge is -2.29. The van der Waals surface area contributed by atoms with Crippen molar-refractivity contribution in [2.75, 3.05) is 0 Å². The second-order valence-corrected chi connectivity index (χ2v) is 6.88. The molecule has 1 amide bonds. The van der Waals surface area contributed by atoms with Crippen LogP contribution >= 0.6 is 0 Å². The van der Waals surface area contributed by atoms with Crippen LogP contribution in [0.5, 0.6) is 0 Å². The van der Waals surface area contributed by atoms with Crippen molar-refractivity contribution in [1.82, 2.24) is 15.1 Å². The van der Waals surface area contributed by atoms with Gasteiger partial charge in [0.15, 0.2) is 5.76 Å². The largest absolute Gasteiger partial charge is 0.451 e. The van der Waals surface area contributed by atoms with Crippen LogP contribution in [0.4, 0.5) is 0 Å². The molecular weight excluding hydrogens is 330 g/mol. The van der Waals surface area contributed by atoms with Crippen LogP contribution < -0.4 is 10.9 Å². The Kier molecular flexibility index (Phi) is 4.32. The van der Waals surface area contributed by atoms with Gasteiger partial charge in [-0.3, -0.25) is 9.59 Å². The van der Waals surface area contributed by atoms with E-state index in [1.54, 1.807) is 22.9 Å². The summed E-state index contributed by atoms with van der Waals surface area (Å²) in [6, 6.07) is 12.8. The molecule has 6 nitrogen and oxygen atoms in total. The molecule has 2 aromatic heterocycles. The minimum absolute atomic E-state index is 0.0645. The van der Waals surface area contributed by atoms with E-state index in [1.807, 2.05) is 31.2 Å². The van der Waals surface area contributed by atoms with Gasteiger partial charge in [0, 0.05) is 17.5 Å². The number of hydrogen-bond donors (Lipinski definition) is 1. The molecule has 0 aliphatic heterocycles. The highest BCUT2D eigenvalue weighted by molar-refractivity contribution is 5.96. The summed E-state index contributed by atoms with van der Waals surface area (Å²) < 4.78 is 7.21. The van der Waals surface area contributed by atoms with Gasteiger partial charge in [-0.2, -0.15) is 5.10 Å². The van der Waals surface area contributed by atoms with Crippen molar-refractivity contribution < 1.29 is 9.21 Å². The van der Waals surface area contributed by atoms with E-state index < -0.39 is 0 Å². The van der Waals surface area contributed by atoms with Crippen LogP contribution in [0.25, 0.3) is 11.0 Å². The van der Waals surface area contributed by atoms with Crippen LogP contribution in [0.3, 0.4) is 0 Å². The van der Waals surface area contributed by atoms with Gasteiger partial charge >= 0.3 is 0 Å². The molecule has 0 unspecified atom stereocenters. The number of carbonyl (C=O) groups excluding carboxylic acids is 1. The molecule has 1 aromatic carbocycles. The van der Waals surface area contributed by atoms with E-state index in [-0.39, 0.29) is 23.6 Å². The number of para-hydroxylation sites is 1. The maximum Gasteiger partial charge on any atom is 0.287 e. The van der Waals surface area contributed by atoms with Crippen LogP contribution in [-0.4, -0.2) is 21.7 Å². The normalized spacial score (nSPS) is 20.2.